The number of Topliss-reactive ketones (excluding diaryl/α,β-unsaturated/α-hetero) is 1. The van der Waals surface area contributed by atoms with Crippen LogP contribution in [0.15, 0.2) is 23.0 Å². The van der Waals surface area contributed by atoms with E-state index in [1.165, 1.54) is 0 Å². The average molecular weight is 462 g/mol. The van der Waals surface area contributed by atoms with E-state index < -0.39 is 0 Å². The average Bonchev–Trinajstić information content (AvgIpc) is 3.09. The number of pyridine rings is 1. The number of H-pyrrole nitrogens is 1. The molecule has 1 saturated heterocycles. The minimum absolute atomic E-state index is 0.0311. The molecule has 1 aliphatic carbocycles. The Hall–Kier alpha value is -2.93. The van der Waals surface area contributed by atoms with Crippen LogP contribution in [0.25, 0.3) is 16.5 Å². The normalized spacial score (nSPS) is 18.5. The minimum Gasteiger partial charge on any atom is -0.368 e. The fourth-order valence-corrected chi connectivity index (χ4v) is 5.60. The van der Waals surface area contributed by atoms with Gasteiger partial charge in [0.15, 0.2) is 5.78 Å². The second-order valence-electron chi connectivity index (χ2n) is 10.9. The molecule has 0 amide bonds. The maximum absolute atomic E-state index is 13.3. The second-order valence-corrected chi connectivity index (χ2v) is 10.9. The van der Waals surface area contributed by atoms with Crippen LogP contribution in [0, 0.1) is 12.3 Å². The number of rotatable bonds is 4. The lowest BCUT2D eigenvalue weighted by atomic mass is 9.75. The first-order valence-electron chi connectivity index (χ1n) is 12.4. The number of likely N-dealkylation sites (N-methyl/N-ethyl adjacent to an activating group) is 1. The Morgan fingerprint density at radius 3 is 2.50 bits per heavy atom. The lowest BCUT2D eigenvalue weighted by Gasteiger charge is -2.35. The molecule has 7 heteroatoms. The van der Waals surface area contributed by atoms with Crippen LogP contribution in [-0.2, 0) is 12.8 Å². The van der Waals surface area contributed by atoms with Crippen LogP contribution < -0.4 is 10.5 Å². The van der Waals surface area contributed by atoms with Gasteiger partial charge in [0.25, 0.3) is 5.56 Å². The zero-order valence-corrected chi connectivity index (χ0v) is 21.0. The second kappa shape index (κ2) is 8.38. The quantitative estimate of drug-likeness (QED) is 0.638. The highest BCUT2D eigenvalue weighted by atomic mass is 16.1. The SMILES string of the molecule is CCCc1cc2cc(-n3nc(C)c4c3CC(C)(C)CC4=O)cc(N3CCN(C)CC3)c2c(=O)[nH]1. The summed E-state index contributed by atoms with van der Waals surface area (Å²) in [4.78, 5) is 34.0. The number of aromatic nitrogens is 3. The topological polar surface area (TPSA) is 74.2 Å². The summed E-state index contributed by atoms with van der Waals surface area (Å²) < 4.78 is 1.96. The van der Waals surface area contributed by atoms with Crippen LogP contribution in [0.1, 0.15) is 61.1 Å². The number of aryl methyl sites for hydroxylation is 2. The van der Waals surface area contributed by atoms with Crippen LogP contribution in [0.5, 0.6) is 0 Å². The highest BCUT2D eigenvalue weighted by molar-refractivity contribution is 6.00. The van der Waals surface area contributed by atoms with Crippen LogP contribution in [0.3, 0.4) is 0 Å². The van der Waals surface area contributed by atoms with E-state index in [1.54, 1.807) is 0 Å². The summed E-state index contributed by atoms with van der Waals surface area (Å²) in [5.41, 5.74) is 5.25. The summed E-state index contributed by atoms with van der Waals surface area (Å²) in [6.07, 6.45) is 3.15. The van der Waals surface area contributed by atoms with Crippen LogP contribution in [0.2, 0.25) is 0 Å². The Labute approximate surface area is 200 Å². The molecule has 0 unspecified atom stereocenters. The number of hydrogen-bond acceptors (Lipinski definition) is 5. The first-order chi connectivity index (χ1) is 16.2. The van der Waals surface area contributed by atoms with Crippen molar-refractivity contribution in [3.05, 3.63) is 51.2 Å². The van der Waals surface area contributed by atoms with Crippen molar-refractivity contribution in [2.75, 3.05) is 38.1 Å². The van der Waals surface area contributed by atoms with Crippen molar-refractivity contribution in [1.29, 1.82) is 0 Å². The van der Waals surface area contributed by atoms with Gasteiger partial charge in [-0.15, -0.1) is 0 Å². The van der Waals surface area contributed by atoms with Crippen molar-refractivity contribution in [2.24, 2.45) is 5.41 Å². The number of benzene rings is 1. The number of aromatic amines is 1. The molecule has 3 aromatic rings. The highest BCUT2D eigenvalue weighted by Gasteiger charge is 2.36. The van der Waals surface area contributed by atoms with E-state index in [-0.39, 0.29) is 16.8 Å². The van der Waals surface area contributed by atoms with Crippen molar-refractivity contribution < 1.29 is 4.79 Å². The lowest BCUT2D eigenvalue weighted by molar-refractivity contribution is 0.0910. The zero-order valence-electron chi connectivity index (χ0n) is 21.0. The van der Waals surface area contributed by atoms with Crippen molar-refractivity contribution in [3.8, 4) is 5.69 Å². The van der Waals surface area contributed by atoms with E-state index in [1.807, 2.05) is 11.6 Å². The monoisotopic (exact) mass is 461 g/mol. The van der Waals surface area contributed by atoms with Gasteiger partial charge in [-0.2, -0.15) is 5.10 Å². The van der Waals surface area contributed by atoms with E-state index in [0.717, 1.165) is 90.2 Å². The van der Waals surface area contributed by atoms with Gasteiger partial charge in [0.1, 0.15) is 0 Å². The summed E-state index contributed by atoms with van der Waals surface area (Å²) in [5.74, 6) is 0.178. The van der Waals surface area contributed by atoms with Gasteiger partial charge in [-0.05, 0) is 55.8 Å². The summed E-state index contributed by atoms with van der Waals surface area (Å²) >= 11 is 0. The van der Waals surface area contributed by atoms with Gasteiger partial charge in [-0.1, -0.05) is 27.2 Å². The minimum atomic E-state index is -0.100. The van der Waals surface area contributed by atoms with E-state index in [9.17, 15) is 9.59 Å². The lowest BCUT2D eigenvalue weighted by Crippen LogP contribution is -2.44. The van der Waals surface area contributed by atoms with Gasteiger partial charge >= 0.3 is 0 Å². The molecule has 0 bridgehead atoms. The number of fused-ring (bicyclic) bond motifs is 2. The Balaban J connectivity index is 1.74. The zero-order chi connectivity index (χ0) is 24.2. The molecule has 1 N–H and O–H groups in total. The summed E-state index contributed by atoms with van der Waals surface area (Å²) in [5, 5.41) is 6.52. The third kappa shape index (κ3) is 3.96. The fraction of sp³-hybridized carbons (Fsp3) is 0.519. The van der Waals surface area contributed by atoms with Gasteiger partial charge in [-0.25, -0.2) is 4.68 Å². The molecule has 2 aromatic heterocycles. The molecule has 2 aliphatic rings. The summed E-state index contributed by atoms with van der Waals surface area (Å²) in [6.45, 7) is 12.0. The fourth-order valence-electron chi connectivity index (χ4n) is 5.60. The van der Waals surface area contributed by atoms with Crippen molar-refractivity contribution in [2.45, 2.75) is 53.4 Å². The Morgan fingerprint density at radius 1 is 1.06 bits per heavy atom. The number of hydrogen-bond donors (Lipinski definition) is 1. The van der Waals surface area contributed by atoms with Gasteiger partial charge in [-0.3, -0.25) is 9.59 Å². The van der Waals surface area contributed by atoms with Gasteiger partial charge in [0.2, 0.25) is 0 Å². The van der Waals surface area contributed by atoms with E-state index in [4.69, 9.17) is 5.10 Å². The number of piperazine rings is 1. The number of nitrogens with zero attached hydrogens (tertiary/aromatic N) is 4. The molecular formula is C27H35N5O2. The molecule has 1 fully saturated rings. The highest BCUT2D eigenvalue weighted by Crippen LogP contribution is 2.38. The van der Waals surface area contributed by atoms with Gasteiger partial charge in [0.05, 0.1) is 33.7 Å². The van der Waals surface area contributed by atoms with E-state index in [0.29, 0.717) is 6.42 Å². The third-order valence-electron chi connectivity index (χ3n) is 7.29. The van der Waals surface area contributed by atoms with Crippen LogP contribution >= 0.6 is 0 Å². The molecule has 7 nitrogen and oxygen atoms in total. The van der Waals surface area contributed by atoms with E-state index in [2.05, 4.69) is 60.8 Å². The molecule has 1 aromatic carbocycles. The number of carbonyl (C=O) groups is 1. The maximum atomic E-state index is 13.3. The first-order valence-corrected chi connectivity index (χ1v) is 12.4. The molecule has 0 atom stereocenters. The molecule has 180 valence electrons. The smallest absolute Gasteiger partial charge is 0.258 e. The Kier molecular flexibility index (Phi) is 5.63. The third-order valence-corrected chi connectivity index (χ3v) is 7.29. The Morgan fingerprint density at radius 2 is 1.79 bits per heavy atom. The van der Waals surface area contributed by atoms with Crippen LogP contribution in [0.4, 0.5) is 5.69 Å². The summed E-state index contributed by atoms with van der Waals surface area (Å²) in [6, 6.07) is 6.28. The number of ketones is 1. The summed E-state index contributed by atoms with van der Waals surface area (Å²) in [7, 11) is 2.13. The Bertz CT molecular complexity index is 1330. The molecule has 0 radical (unpaired) electrons. The molecule has 0 saturated carbocycles. The van der Waals surface area contributed by atoms with Crippen molar-refractivity contribution in [1.82, 2.24) is 19.7 Å². The number of carbonyl (C=O) groups excluding carboxylic acids is 1. The van der Waals surface area contributed by atoms with Gasteiger partial charge < -0.3 is 14.8 Å². The molecule has 5 rings (SSSR count). The predicted molar refractivity (Wildman–Crippen MR) is 137 cm³/mol. The largest absolute Gasteiger partial charge is 0.368 e. The molecular weight excluding hydrogens is 426 g/mol. The predicted octanol–water partition coefficient (Wildman–Crippen LogP) is 3.88. The first kappa shape index (κ1) is 22.8. The number of nitrogens with one attached hydrogen (secondary N) is 1. The van der Waals surface area contributed by atoms with Crippen molar-refractivity contribution in [3.63, 3.8) is 0 Å². The van der Waals surface area contributed by atoms with E-state index >= 15 is 0 Å². The maximum Gasteiger partial charge on any atom is 0.258 e. The van der Waals surface area contributed by atoms with Gasteiger partial charge in [0, 0.05) is 38.3 Å². The number of anilines is 1. The molecule has 3 heterocycles. The molecule has 1 aliphatic heterocycles. The van der Waals surface area contributed by atoms with Crippen LogP contribution in [-0.4, -0.2) is 58.7 Å². The van der Waals surface area contributed by atoms with Crippen molar-refractivity contribution >= 4 is 22.2 Å². The molecule has 0 spiro atoms. The molecule has 34 heavy (non-hydrogen) atoms. The standard InChI is InChI=1S/C27H35N5O2/c1-6-7-19-12-18-13-20(32-22-15-27(3,4)16-23(33)24(22)17(2)29-32)14-21(25(18)26(34)28-19)31-10-8-30(5)9-11-31/h12-14H,6-11,15-16H2,1-5H3,(H,28,34).